The molecular formula is C10H18N2O2. The number of alkyl carbamates (subject to hydrolysis) is 1. The number of hydrogen-bond acceptors (Lipinski definition) is 3. The van der Waals surface area contributed by atoms with Crippen LogP contribution in [0.1, 0.15) is 32.1 Å². The van der Waals surface area contributed by atoms with E-state index >= 15 is 0 Å². The van der Waals surface area contributed by atoms with Gasteiger partial charge in [-0.2, -0.15) is 0 Å². The van der Waals surface area contributed by atoms with E-state index in [0.717, 1.165) is 38.8 Å². The molecule has 4 heteroatoms. The second-order valence-electron chi connectivity index (χ2n) is 4.13. The predicted molar refractivity (Wildman–Crippen MR) is 53.1 cm³/mol. The van der Waals surface area contributed by atoms with Gasteiger partial charge in [-0.15, -0.1) is 0 Å². The van der Waals surface area contributed by atoms with Gasteiger partial charge in [0.1, 0.15) is 6.10 Å². The van der Waals surface area contributed by atoms with Gasteiger partial charge in [-0.05, 0) is 45.2 Å². The van der Waals surface area contributed by atoms with Crippen molar-refractivity contribution < 1.29 is 9.53 Å². The van der Waals surface area contributed by atoms with Gasteiger partial charge in [-0.3, -0.25) is 0 Å². The fourth-order valence-corrected chi connectivity index (χ4v) is 1.82. The summed E-state index contributed by atoms with van der Waals surface area (Å²) in [4.78, 5) is 11.4. The molecule has 0 atom stereocenters. The predicted octanol–water partition coefficient (Wildman–Crippen LogP) is 1.02. The molecule has 1 saturated carbocycles. The van der Waals surface area contributed by atoms with Crippen molar-refractivity contribution in [3.63, 3.8) is 0 Å². The summed E-state index contributed by atoms with van der Waals surface area (Å²) < 4.78 is 5.31. The molecule has 2 rings (SSSR count). The minimum Gasteiger partial charge on any atom is -0.446 e. The van der Waals surface area contributed by atoms with Gasteiger partial charge in [0.15, 0.2) is 0 Å². The van der Waals surface area contributed by atoms with Crippen molar-refractivity contribution in [2.24, 2.45) is 0 Å². The highest BCUT2D eigenvalue weighted by Crippen LogP contribution is 2.18. The summed E-state index contributed by atoms with van der Waals surface area (Å²) in [6.07, 6.45) is 5.25. The smallest absolute Gasteiger partial charge is 0.407 e. The second kappa shape index (κ2) is 4.64. The molecule has 0 aromatic rings. The van der Waals surface area contributed by atoms with Crippen molar-refractivity contribution in [2.45, 2.75) is 44.2 Å². The quantitative estimate of drug-likeness (QED) is 0.696. The zero-order chi connectivity index (χ0) is 9.80. The molecule has 0 spiro atoms. The van der Waals surface area contributed by atoms with Crippen LogP contribution in [0.5, 0.6) is 0 Å². The molecule has 2 fully saturated rings. The molecule has 2 aliphatic rings. The zero-order valence-corrected chi connectivity index (χ0v) is 8.42. The molecule has 80 valence electrons. The van der Waals surface area contributed by atoms with Crippen molar-refractivity contribution in [1.82, 2.24) is 10.6 Å². The van der Waals surface area contributed by atoms with Gasteiger partial charge in [-0.25, -0.2) is 4.79 Å². The van der Waals surface area contributed by atoms with Crippen molar-refractivity contribution in [1.29, 1.82) is 0 Å². The Bertz CT molecular complexity index is 198. The zero-order valence-electron chi connectivity index (χ0n) is 8.42. The van der Waals surface area contributed by atoms with Crippen LogP contribution in [0.2, 0.25) is 0 Å². The molecule has 0 aromatic carbocycles. The molecule has 1 aliphatic carbocycles. The lowest BCUT2D eigenvalue weighted by Gasteiger charge is -2.28. The normalized spacial score (nSPS) is 24.0. The number of rotatable bonds is 2. The van der Waals surface area contributed by atoms with Gasteiger partial charge < -0.3 is 15.4 Å². The molecule has 0 radical (unpaired) electrons. The van der Waals surface area contributed by atoms with Crippen LogP contribution in [-0.2, 0) is 4.74 Å². The third-order valence-corrected chi connectivity index (χ3v) is 2.99. The maximum Gasteiger partial charge on any atom is 0.407 e. The van der Waals surface area contributed by atoms with Gasteiger partial charge in [-0.1, -0.05) is 0 Å². The summed E-state index contributed by atoms with van der Waals surface area (Å²) in [6, 6.07) is 0.379. The SMILES string of the molecule is O=C(NC1CCC1)OC1CCNCC1. The average molecular weight is 198 g/mol. The van der Waals surface area contributed by atoms with Crippen molar-refractivity contribution >= 4 is 6.09 Å². The van der Waals surface area contributed by atoms with Crippen molar-refractivity contribution in [3.05, 3.63) is 0 Å². The van der Waals surface area contributed by atoms with E-state index in [1.807, 2.05) is 0 Å². The molecule has 1 saturated heterocycles. The molecular weight excluding hydrogens is 180 g/mol. The van der Waals surface area contributed by atoms with Gasteiger partial charge in [0.05, 0.1) is 0 Å². The molecule has 1 heterocycles. The summed E-state index contributed by atoms with van der Waals surface area (Å²) in [6.45, 7) is 1.92. The molecule has 0 bridgehead atoms. The van der Waals surface area contributed by atoms with Crippen molar-refractivity contribution in [3.8, 4) is 0 Å². The molecule has 1 aliphatic heterocycles. The van der Waals surface area contributed by atoms with Crippen LogP contribution < -0.4 is 10.6 Å². The van der Waals surface area contributed by atoms with E-state index in [1.54, 1.807) is 0 Å². The standard InChI is InChI=1S/C10H18N2O2/c13-10(12-8-2-1-3-8)14-9-4-6-11-7-5-9/h8-9,11H,1-7H2,(H,12,13). The number of amides is 1. The Morgan fingerprint density at radius 2 is 1.93 bits per heavy atom. The molecule has 0 unspecified atom stereocenters. The van der Waals surface area contributed by atoms with E-state index in [0.29, 0.717) is 6.04 Å². The van der Waals surface area contributed by atoms with Gasteiger partial charge >= 0.3 is 6.09 Å². The van der Waals surface area contributed by atoms with Crippen molar-refractivity contribution in [2.75, 3.05) is 13.1 Å². The lowest BCUT2D eigenvalue weighted by molar-refractivity contribution is 0.0739. The van der Waals surface area contributed by atoms with Crippen LogP contribution in [0.4, 0.5) is 4.79 Å². The average Bonchev–Trinajstić information content (AvgIpc) is 2.13. The van der Waals surface area contributed by atoms with Crippen LogP contribution >= 0.6 is 0 Å². The Morgan fingerprint density at radius 1 is 1.21 bits per heavy atom. The minimum atomic E-state index is -0.221. The highest BCUT2D eigenvalue weighted by Gasteiger charge is 2.22. The van der Waals surface area contributed by atoms with E-state index in [1.165, 1.54) is 6.42 Å². The fraction of sp³-hybridized carbons (Fsp3) is 0.900. The number of carbonyl (C=O) groups excluding carboxylic acids is 1. The largest absolute Gasteiger partial charge is 0.446 e. The maximum absolute atomic E-state index is 11.4. The molecule has 1 amide bonds. The number of nitrogens with one attached hydrogen (secondary N) is 2. The lowest BCUT2D eigenvalue weighted by atomic mass is 9.93. The number of ether oxygens (including phenoxy) is 1. The Labute approximate surface area is 84.4 Å². The lowest BCUT2D eigenvalue weighted by Crippen LogP contribution is -2.42. The first kappa shape index (κ1) is 9.77. The summed E-state index contributed by atoms with van der Waals surface area (Å²) in [5.74, 6) is 0. The first-order chi connectivity index (χ1) is 6.84. The number of carbonyl (C=O) groups is 1. The Morgan fingerprint density at radius 3 is 2.50 bits per heavy atom. The first-order valence-corrected chi connectivity index (χ1v) is 5.52. The Hall–Kier alpha value is -0.770. The molecule has 14 heavy (non-hydrogen) atoms. The molecule has 4 nitrogen and oxygen atoms in total. The monoisotopic (exact) mass is 198 g/mol. The molecule has 2 N–H and O–H groups in total. The van der Waals surface area contributed by atoms with Crippen LogP contribution in [0, 0.1) is 0 Å². The third-order valence-electron chi connectivity index (χ3n) is 2.99. The number of piperidine rings is 1. The highest BCUT2D eigenvalue weighted by molar-refractivity contribution is 5.67. The van der Waals surface area contributed by atoms with Gasteiger partial charge in [0, 0.05) is 6.04 Å². The summed E-state index contributed by atoms with van der Waals surface area (Å²) in [7, 11) is 0. The summed E-state index contributed by atoms with van der Waals surface area (Å²) in [5.41, 5.74) is 0. The summed E-state index contributed by atoms with van der Waals surface area (Å²) >= 11 is 0. The summed E-state index contributed by atoms with van der Waals surface area (Å²) in [5, 5.41) is 6.12. The van der Waals surface area contributed by atoms with Crippen LogP contribution in [0.15, 0.2) is 0 Å². The van der Waals surface area contributed by atoms with Crippen LogP contribution in [0.3, 0.4) is 0 Å². The fourth-order valence-electron chi connectivity index (χ4n) is 1.82. The molecule has 0 aromatic heterocycles. The Balaban J connectivity index is 1.64. The van der Waals surface area contributed by atoms with Crippen LogP contribution in [0.25, 0.3) is 0 Å². The minimum absolute atomic E-state index is 0.122. The Kier molecular flexibility index (Phi) is 3.24. The first-order valence-electron chi connectivity index (χ1n) is 5.52. The van der Waals surface area contributed by atoms with E-state index in [4.69, 9.17) is 4.74 Å². The third kappa shape index (κ3) is 2.61. The maximum atomic E-state index is 11.4. The van der Waals surface area contributed by atoms with E-state index < -0.39 is 0 Å². The van der Waals surface area contributed by atoms with E-state index in [2.05, 4.69) is 10.6 Å². The van der Waals surface area contributed by atoms with Crippen LogP contribution in [-0.4, -0.2) is 31.3 Å². The topological polar surface area (TPSA) is 50.4 Å². The number of hydrogen-bond donors (Lipinski definition) is 2. The van der Waals surface area contributed by atoms with E-state index in [9.17, 15) is 4.79 Å². The van der Waals surface area contributed by atoms with E-state index in [-0.39, 0.29) is 12.2 Å². The van der Waals surface area contributed by atoms with Gasteiger partial charge in [0.2, 0.25) is 0 Å². The highest BCUT2D eigenvalue weighted by atomic mass is 16.6. The second-order valence-corrected chi connectivity index (χ2v) is 4.13. The van der Waals surface area contributed by atoms with Gasteiger partial charge in [0.25, 0.3) is 0 Å².